The summed E-state index contributed by atoms with van der Waals surface area (Å²) in [7, 11) is -3.53. The van der Waals surface area contributed by atoms with Gasteiger partial charge >= 0.3 is 0 Å². The summed E-state index contributed by atoms with van der Waals surface area (Å²) in [5, 5.41) is 0. The SMILES string of the molecule is Cc1ccc(S(=O)(=O)N2CC[C@@H]3C[C@H]2[C@@H](COCc2ccccc2)O3)cc1. The average Bonchev–Trinajstić information content (AvgIpc) is 2.98. The maximum absolute atomic E-state index is 13.2. The molecule has 0 radical (unpaired) electrons. The van der Waals surface area contributed by atoms with Gasteiger partial charge in [0, 0.05) is 6.54 Å². The largest absolute Gasteiger partial charge is 0.374 e. The van der Waals surface area contributed by atoms with Crippen LogP contribution in [0.4, 0.5) is 0 Å². The molecule has 27 heavy (non-hydrogen) atoms. The molecule has 2 saturated heterocycles. The highest BCUT2D eigenvalue weighted by atomic mass is 32.2. The van der Waals surface area contributed by atoms with Crippen molar-refractivity contribution >= 4 is 10.0 Å². The summed E-state index contributed by atoms with van der Waals surface area (Å²) in [5.41, 5.74) is 2.15. The van der Waals surface area contributed by atoms with Crippen molar-refractivity contribution in [1.82, 2.24) is 4.31 Å². The minimum absolute atomic E-state index is 0.129. The molecule has 2 aromatic rings. The van der Waals surface area contributed by atoms with E-state index in [0.29, 0.717) is 24.7 Å². The first-order valence-corrected chi connectivity index (χ1v) is 10.8. The van der Waals surface area contributed by atoms with Crippen LogP contribution in [-0.4, -0.2) is 44.1 Å². The number of piperidine rings is 1. The van der Waals surface area contributed by atoms with Gasteiger partial charge in [-0.1, -0.05) is 48.0 Å². The number of hydrogen-bond acceptors (Lipinski definition) is 4. The molecule has 2 heterocycles. The molecule has 144 valence electrons. The maximum Gasteiger partial charge on any atom is 0.243 e. The number of sulfonamides is 1. The van der Waals surface area contributed by atoms with Gasteiger partial charge in [-0.15, -0.1) is 0 Å². The summed E-state index contributed by atoms with van der Waals surface area (Å²) in [5.74, 6) is 0. The van der Waals surface area contributed by atoms with Gasteiger partial charge < -0.3 is 9.47 Å². The molecule has 0 N–H and O–H groups in total. The van der Waals surface area contributed by atoms with Crippen molar-refractivity contribution in [3.8, 4) is 0 Å². The first-order valence-electron chi connectivity index (χ1n) is 9.40. The highest BCUT2D eigenvalue weighted by molar-refractivity contribution is 7.89. The van der Waals surface area contributed by atoms with Crippen LogP contribution in [0.25, 0.3) is 0 Å². The van der Waals surface area contributed by atoms with Crippen LogP contribution in [0.3, 0.4) is 0 Å². The molecule has 2 aliphatic rings. The van der Waals surface area contributed by atoms with E-state index in [1.54, 1.807) is 16.4 Å². The van der Waals surface area contributed by atoms with E-state index in [0.717, 1.165) is 24.0 Å². The zero-order chi connectivity index (χ0) is 18.9. The molecule has 0 spiro atoms. The van der Waals surface area contributed by atoms with E-state index in [1.165, 1.54) is 0 Å². The van der Waals surface area contributed by atoms with Gasteiger partial charge in [-0.05, 0) is 37.5 Å². The molecule has 0 unspecified atom stereocenters. The second kappa shape index (κ2) is 7.72. The van der Waals surface area contributed by atoms with Crippen molar-refractivity contribution in [2.45, 2.75) is 49.5 Å². The van der Waals surface area contributed by atoms with Crippen molar-refractivity contribution in [2.75, 3.05) is 13.2 Å². The van der Waals surface area contributed by atoms with E-state index < -0.39 is 10.0 Å². The summed E-state index contributed by atoms with van der Waals surface area (Å²) in [6.45, 7) is 3.35. The molecule has 6 heteroatoms. The minimum Gasteiger partial charge on any atom is -0.374 e. The minimum atomic E-state index is -3.53. The zero-order valence-electron chi connectivity index (χ0n) is 15.5. The van der Waals surface area contributed by atoms with Crippen molar-refractivity contribution in [1.29, 1.82) is 0 Å². The molecule has 0 aliphatic carbocycles. The molecule has 0 amide bonds. The monoisotopic (exact) mass is 387 g/mol. The molecule has 2 aromatic carbocycles. The molecule has 0 aromatic heterocycles. The summed E-state index contributed by atoms with van der Waals surface area (Å²) in [6.07, 6.45) is 1.38. The van der Waals surface area contributed by atoms with E-state index in [-0.39, 0.29) is 18.2 Å². The summed E-state index contributed by atoms with van der Waals surface area (Å²) in [4.78, 5) is 0.349. The number of nitrogens with zero attached hydrogens (tertiary/aromatic N) is 1. The first kappa shape index (κ1) is 18.6. The highest BCUT2D eigenvalue weighted by Crippen LogP contribution is 2.36. The fraction of sp³-hybridized carbons (Fsp3) is 0.429. The lowest BCUT2D eigenvalue weighted by atomic mass is 10.0. The molecule has 3 atom stereocenters. The third-order valence-corrected chi connectivity index (χ3v) is 7.30. The quantitative estimate of drug-likeness (QED) is 0.764. The molecule has 0 saturated carbocycles. The van der Waals surface area contributed by atoms with Crippen LogP contribution in [0.2, 0.25) is 0 Å². The van der Waals surface area contributed by atoms with Crippen LogP contribution < -0.4 is 0 Å². The van der Waals surface area contributed by atoms with E-state index in [4.69, 9.17) is 9.47 Å². The Morgan fingerprint density at radius 3 is 2.59 bits per heavy atom. The van der Waals surface area contributed by atoms with Gasteiger partial charge in [-0.3, -0.25) is 0 Å². The van der Waals surface area contributed by atoms with Crippen LogP contribution in [0.1, 0.15) is 24.0 Å². The second-order valence-corrected chi connectivity index (χ2v) is 9.21. The van der Waals surface area contributed by atoms with Crippen molar-refractivity contribution < 1.29 is 17.9 Å². The Morgan fingerprint density at radius 1 is 1.11 bits per heavy atom. The van der Waals surface area contributed by atoms with Crippen LogP contribution in [-0.2, 0) is 26.1 Å². The number of ether oxygens (including phenoxy) is 2. The maximum atomic E-state index is 13.2. The average molecular weight is 388 g/mol. The lowest BCUT2D eigenvalue weighted by Crippen LogP contribution is -2.47. The Labute approximate surface area is 161 Å². The van der Waals surface area contributed by atoms with Gasteiger partial charge in [0.25, 0.3) is 0 Å². The lowest BCUT2D eigenvalue weighted by Gasteiger charge is -2.32. The smallest absolute Gasteiger partial charge is 0.243 e. The van der Waals surface area contributed by atoms with Crippen LogP contribution >= 0.6 is 0 Å². The number of aryl methyl sites for hydroxylation is 1. The van der Waals surface area contributed by atoms with Crippen LogP contribution in [0, 0.1) is 6.92 Å². The predicted octanol–water partition coefficient (Wildman–Crippen LogP) is 3.13. The normalized spacial score (nSPS) is 25.6. The summed E-state index contributed by atoms with van der Waals surface area (Å²) in [6, 6.07) is 16.9. The third-order valence-electron chi connectivity index (χ3n) is 5.36. The number of fused-ring (bicyclic) bond motifs is 2. The van der Waals surface area contributed by atoms with Crippen LogP contribution in [0.5, 0.6) is 0 Å². The van der Waals surface area contributed by atoms with Crippen molar-refractivity contribution in [3.05, 3.63) is 65.7 Å². The summed E-state index contributed by atoms with van der Waals surface area (Å²) >= 11 is 0. The molecular formula is C21H25NO4S. The Balaban J connectivity index is 1.46. The number of hydrogen-bond donors (Lipinski definition) is 0. The van der Waals surface area contributed by atoms with Crippen molar-refractivity contribution in [2.24, 2.45) is 0 Å². The van der Waals surface area contributed by atoms with Crippen molar-refractivity contribution in [3.63, 3.8) is 0 Å². The fourth-order valence-electron chi connectivity index (χ4n) is 3.90. The molecule has 2 fully saturated rings. The van der Waals surface area contributed by atoms with Crippen LogP contribution in [0.15, 0.2) is 59.5 Å². The van der Waals surface area contributed by atoms with E-state index in [9.17, 15) is 8.42 Å². The lowest BCUT2D eigenvalue weighted by molar-refractivity contribution is -0.0216. The second-order valence-electron chi connectivity index (χ2n) is 7.32. The Bertz CT molecular complexity index is 867. The molecule has 4 rings (SSSR count). The zero-order valence-corrected chi connectivity index (χ0v) is 16.3. The van der Waals surface area contributed by atoms with Gasteiger partial charge in [0.1, 0.15) is 0 Å². The number of benzene rings is 2. The Morgan fingerprint density at radius 2 is 1.85 bits per heavy atom. The third kappa shape index (κ3) is 3.94. The molecule has 2 bridgehead atoms. The standard InChI is InChI=1S/C21H25NO4S/c1-16-7-9-19(10-8-16)27(23,24)22-12-11-18-13-20(22)21(26-18)15-25-14-17-5-3-2-4-6-17/h2-10,18,20-21H,11-15H2,1H3/t18-,20+,21-/m1/s1. The predicted molar refractivity (Wildman–Crippen MR) is 103 cm³/mol. The van der Waals surface area contributed by atoms with Gasteiger partial charge in [0.2, 0.25) is 10.0 Å². The number of rotatable bonds is 6. The Hall–Kier alpha value is -1.73. The Kier molecular flexibility index (Phi) is 5.32. The van der Waals surface area contributed by atoms with Gasteiger partial charge in [-0.2, -0.15) is 4.31 Å². The molecule has 5 nitrogen and oxygen atoms in total. The van der Waals surface area contributed by atoms with E-state index in [2.05, 4.69) is 0 Å². The van der Waals surface area contributed by atoms with Gasteiger partial charge in [-0.25, -0.2) is 8.42 Å². The fourth-order valence-corrected chi connectivity index (χ4v) is 5.58. The van der Waals surface area contributed by atoms with E-state index >= 15 is 0 Å². The first-order chi connectivity index (χ1) is 13.0. The highest BCUT2D eigenvalue weighted by Gasteiger charge is 2.47. The van der Waals surface area contributed by atoms with Gasteiger partial charge in [0.15, 0.2) is 0 Å². The van der Waals surface area contributed by atoms with Gasteiger partial charge in [0.05, 0.1) is 36.4 Å². The summed E-state index contributed by atoms with van der Waals surface area (Å²) < 4.78 is 39.9. The van der Waals surface area contributed by atoms with E-state index in [1.807, 2.05) is 49.4 Å². The molecular weight excluding hydrogens is 362 g/mol. The topological polar surface area (TPSA) is 55.8 Å². The molecule has 2 aliphatic heterocycles.